The van der Waals surface area contributed by atoms with E-state index >= 15 is 0 Å². The minimum atomic E-state index is -0.261. The molecule has 5 rings (SSSR count). The largest absolute Gasteiger partial charge is 0.508 e. The van der Waals surface area contributed by atoms with Crippen molar-refractivity contribution >= 4 is 17.2 Å². The molecule has 3 aromatic rings. The average Bonchev–Trinajstić information content (AvgIpc) is 3.29. The molecule has 0 amide bonds. The summed E-state index contributed by atoms with van der Waals surface area (Å²) in [6.07, 6.45) is 5.51. The Balaban J connectivity index is 1.45. The lowest BCUT2D eigenvalue weighted by atomic mass is 9.86. The Hall–Kier alpha value is -3.50. The SMILES string of the molecule is COc1cccc(C2=C(C)c3cc(O)ccc3OC2c2ccc(/C=C\CN3CCC(C)C3)cc2)c1. The summed E-state index contributed by atoms with van der Waals surface area (Å²) in [5.41, 5.74) is 6.40. The van der Waals surface area contributed by atoms with Crippen molar-refractivity contribution in [2.75, 3.05) is 26.7 Å². The number of phenolic OH excluding ortho intramolecular Hbond substituents is 1. The highest BCUT2D eigenvalue weighted by atomic mass is 16.5. The van der Waals surface area contributed by atoms with Crippen LogP contribution >= 0.6 is 0 Å². The molecule has 0 radical (unpaired) electrons. The summed E-state index contributed by atoms with van der Waals surface area (Å²) < 4.78 is 12.0. The second kappa shape index (κ2) is 10.0. The molecule has 2 atom stereocenters. The van der Waals surface area contributed by atoms with Crippen LogP contribution in [0.1, 0.15) is 48.6 Å². The van der Waals surface area contributed by atoms with Gasteiger partial charge >= 0.3 is 0 Å². The molecule has 0 spiro atoms. The number of aromatic hydroxyl groups is 1. The van der Waals surface area contributed by atoms with Gasteiger partial charge in [-0.05, 0) is 78.4 Å². The van der Waals surface area contributed by atoms with Crippen molar-refractivity contribution < 1.29 is 14.6 Å². The van der Waals surface area contributed by atoms with Crippen LogP contribution in [0.3, 0.4) is 0 Å². The molecule has 0 aromatic heterocycles. The third-order valence-corrected chi connectivity index (χ3v) is 7.08. The Labute approximate surface area is 208 Å². The van der Waals surface area contributed by atoms with Crippen LogP contribution < -0.4 is 9.47 Å². The van der Waals surface area contributed by atoms with Gasteiger partial charge in [0, 0.05) is 24.2 Å². The van der Waals surface area contributed by atoms with Crippen molar-refractivity contribution in [1.29, 1.82) is 0 Å². The van der Waals surface area contributed by atoms with Crippen molar-refractivity contribution in [3.8, 4) is 17.2 Å². The lowest BCUT2D eigenvalue weighted by Gasteiger charge is -2.31. The Morgan fingerprint density at radius 3 is 2.66 bits per heavy atom. The lowest BCUT2D eigenvalue weighted by molar-refractivity contribution is 0.259. The second-order valence-electron chi connectivity index (χ2n) is 9.67. The van der Waals surface area contributed by atoms with E-state index in [2.05, 4.69) is 61.2 Å². The van der Waals surface area contributed by atoms with Gasteiger partial charge in [-0.15, -0.1) is 0 Å². The first-order chi connectivity index (χ1) is 17.0. The van der Waals surface area contributed by atoms with E-state index in [1.807, 2.05) is 24.3 Å². The van der Waals surface area contributed by atoms with Crippen molar-refractivity contribution in [2.24, 2.45) is 5.92 Å². The van der Waals surface area contributed by atoms with E-state index in [1.54, 1.807) is 19.2 Å². The smallest absolute Gasteiger partial charge is 0.150 e. The van der Waals surface area contributed by atoms with Gasteiger partial charge in [0.15, 0.2) is 0 Å². The minimum absolute atomic E-state index is 0.231. The Kier molecular flexibility index (Phi) is 6.65. The quantitative estimate of drug-likeness (QED) is 0.432. The molecule has 4 heteroatoms. The summed E-state index contributed by atoms with van der Waals surface area (Å²) in [5.74, 6) is 2.62. The number of allylic oxidation sites excluding steroid dienone is 1. The normalized spacial score (nSPS) is 20.2. The monoisotopic (exact) mass is 467 g/mol. The van der Waals surface area contributed by atoms with Crippen LogP contribution in [-0.4, -0.2) is 36.8 Å². The van der Waals surface area contributed by atoms with Crippen LogP contribution in [0, 0.1) is 5.92 Å². The molecule has 3 aromatic carbocycles. The van der Waals surface area contributed by atoms with E-state index in [-0.39, 0.29) is 11.9 Å². The fourth-order valence-corrected chi connectivity index (χ4v) is 5.15. The van der Waals surface area contributed by atoms with Crippen molar-refractivity contribution in [3.63, 3.8) is 0 Å². The third-order valence-electron chi connectivity index (χ3n) is 7.08. The summed E-state index contributed by atoms with van der Waals surface area (Å²) >= 11 is 0. The van der Waals surface area contributed by atoms with Gasteiger partial charge < -0.3 is 14.6 Å². The summed E-state index contributed by atoms with van der Waals surface area (Å²) in [5, 5.41) is 10.1. The molecule has 1 fully saturated rings. The summed E-state index contributed by atoms with van der Waals surface area (Å²) in [7, 11) is 1.68. The maximum absolute atomic E-state index is 10.1. The molecule has 4 nitrogen and oxygen atoms in total. The lowest BCUT2D eigenvalue weighted by Crippen LogP contribution is -2.19. The van der Waals surface area contributed by atoms with Crippen molar-refractivity contribution in [1.82, 2.24) is 4.90 Å². The third kappa shape index (κ3) is 4.98. The van der Waals surface area contributed by atoms with Gasteiger partial charge in [0.2, 0.25) is 0 Å². The fourth-order valence-electron chi connectivity index (χ4n) is 5.15. The highest BCUT2D eigenvalue weighted by molar-refractivity contribution is 5.95. The predicted molar refractivity (Wildman–Crippen MR) is 143 cm³/mol. The fraction of sp³-hybridized carbons (Fsp3) is 0.290. The van der Waals surface area contributed by atoms with Crippen LogP contribution in [0.5, 0.6) is 17.2 Å². The first-order valence-corrected chi connectivity index (χ1v) is 12.4. The van der Waals surface area contributed by atoms with Gasteiger partial charge in [-0.3, -0.25) is 4.90 Å². The van der Waals surface area contributed by atoms with E-state index in [1.165, 1.54) is 25.1 Å². The van der Waals surface area contributed by atoms with Gasteiger partial charge in [0.25, 0.3) is 0 Å². The number of rotatable bonds is 6. The van der Waals surface area contributed by atoms with Gasteiger partial charge in [-0.25, -0.2) is 0 Å². The highest BCUT2D eigenvalue weighted by Gasteiger charge is 2.29. The zero-order valence-corrected chi connectivity index (χ0v) is 20.7. The molecule has 2 heterocycles. The highest BCUT2D eigenvalue weighted by Crippen LogP contribution is 2.47. The number of methoxy groups -OCH3 is 1. The zero-order valence-electron chi connectivity index (χ0n) is 20.7. The Morgan fingerprint density at radius 1 is 1.09 bits per heavy atom. The van der Waals surface area contributed by atoms with E-state index < -0.39 is 0 Å². The first-order valence-electron chi connectivity index (χ1n) is 12.4. The van der Waals surface area contributed by atoms with Gasteiger partial charge in [0.1, 0.15) is 23.4 Å². The number of ether oxygens (including phenoxy) is 2. The molecule has 2 aliphatic heterocycles. The molecule has 0 bridgehead atoms. The second-order valence-corrected chi connectivity index (χ2v) is 9.67. The Morgan fingerprint density at radius 2 is 1.91 bits per heavy atom. The Bertz CT molecular complexity index is 1260. The summed E-state index contributed by atoms with van der Waals surface area (Å²) in [6.45, 7) is 7.82. The molecule has 2 aliphatic rings. The molecule has 180 valence electrons. The average molecular weight is 468 g/mol. The van der Waals surface area contributed by atoms with Crippen LogP contribution in [0.2, 0.25) is 0 Å². The number of phenols is 1. The van der Waals surface area contributed by atoms with E-state index in [9.17, 15) is 5.11 Å². The van der Waals surface area contributed by atoms with Crippen LogP contribution in [0.4, 0.5) is 0 Å². The number of hydrogen-bond donors (Lipinski definition) is 1. The number of hydrogen-bond acceptors (Lipinski definition) is 4. The molecule has 0 saturated carbocycles. The maximum Gasteiger partial charge on any atom is 0.150 e. The van der Waals surface area contributed by atoms with E-state index in [0.717, 1.165) is 51.8 Å². The van der Waals surface area contributed by atoms with E-state index in [0.29, 0.717) is 0 Å². The minimum Gasteiger partial charge on any atom is -0.508 e. The number of nitrogens with zero attached hydrogens (tertiary/aromatic N) is 1. The first kappa shape index (κ1) is 23.3. The number of fused-ring (bicyclic) bond motifs is 1. The molecule has 35 heavy (non-hydrogen) atoms. The number of likely N-dealkylation sites (tertiary alicyclic amines) is 1. The molecule has 1 N–H and O–H groups in total. The standard InChI is InChI=1S/C31H33NO3/c1-21-15-17-32(20-21)16-5-6-23-9-11-24(12-10-23)31-30(25-7-4-8-27(18-25)34-3)22(2)28-19-26(33)13-14-29(28)35-31/h4-14,18-19,21,31,33H,15-17,20H2,1-3H3/b6-5-. The van der Waals surface area contributed by atoms with Crippen LogP contribution in [0.15, 0.2) is 72.8 Å². The number of benzene rings is 3. The van der Waals surface area contributed by atoms with Crippen LogP contribution in [-0.2, 0) is 0 Å². The zero-order chi connectivity index (χ0) is 24.4. The molecule has 2 unspecified atom stereocenters. The molecule has 0 aliphatic carbocycles. The van der Waals surface area contributed by atoms with Gasteiger partial charge in [-0.2, -0.15) is 0 Å². The predicted octanol–water partition coefficient (Wildman–Crippen LogP) is 6.82. The maximum atomic E-state index is 10.1. The van der Waals surface area contributed by atoms with Crippen molar-refractivity contribution in [3.05, 3.63) is 95.1 Å². The molecular weight excluding hydrogens is 434 g/mol. The molecular formula is C31H33NO3. The van der Waals surface area contributed by atoms with E-state index in [4.69, 9.17) is 9.47 Å². The van der Waals surface area contributed by atoms with Gasteiger partial charge in [-0.1, -0.05) is 55.5 Å². The summed E-state index contributed by atoms with van der Waals surface area (Å²) in [4.78, 5) is 2.51. The molecule has 1 saturated heterocycles. The van der Waals surface area contributed by atoms with Gasteiger partial charge in [0.05, 0.1) is 7.11 Å². The van der Waals surface area contributed by atoms with Crippen molar-refractivity contribution in [2.45, 2.75) is 26.4 Å². The van der Waals surface area contributed by atoms with Crippen LogP contribution in [0.25, 0.3) is 17.2 Å². The topological polar surface area (TPSA) is 41.9 Å². The summed E-state index contributed by atoms with van der Waals surface area (Å²) in [6, 6.07) is 22.0.